The Morgan fingerprint density at radius 1 is 1.03 bits per heavy atom. The van der Waals surface area contributed by atoms with Crippen LogP contribution in [0.3, 0.4) is 0 Å². The molecule has 0 aliphatic carbocycles. The number of carbonyl (C=O) groups excluding carboxylic acids is 1. The van der Waals surface area contributed by atoms with E-state index in [9.17, 15) is 31.1 Å². The lowest BCUT2D eigenvalue weighted by molar-refractivity contribution is -0.143. The SMILES string of the molecule is CC(c1cc(C(F)(F)F)cc(C(F)(F)F)c1)N(C)C(=O)N1CCC[C@@H](N)[C@H]1c1ccccc1. The van der Waals surface area contributed by atoms with E-state index in [0.29, 0.717) is 31.5 Å². The van der Waals surface area contributed by atoms with Crippen molar-refractivity contribution in [1.82, 2.24) is 9.80 Å². The number of alkyl halides is 6. The van der Waals surface area contributed by atoms with Crippen LogP contribution in [-0.2, 0) is 12.4 Å². The van der Waals surface area contributed by atoms with Crippen molar-refractivity contribution in [2.24, 2.45) is 5.73 Å². The maximum Gasteiger partial charge on any atom is 0.416 e. The molecule has 4 nitrogen and oxygen atoms in total. The maximum absolute atomic E-state index is 13.4. The molecule has 3 atom stereocenters. The van der Waals surface area contributed by atoms with Gasteiger partial charge in [0.05, 0.1) is 23.2 Å². The third-order valence-corrected chi connectivity index (χ3v) is 6.04. The van der Waals surface area contributed by atoms with E-state index in [1.54, 1.807) is 0 Å². The first kappa shape index (κ1) is 24.9. The van der Waals surface area contributed by atoms with Gasteiger partial charge in [0, 0.05) is 19.6 Å². The molecule has 1 unspecified atom stereocenters. The van der Waals surface area contributed by atoms with Gasteiger partial charge in [-0.2, -0.15) is 26.3 Å². The summed E-state index contributed by atoms with van der Waals surface area (Å²) in [5, 5.41) is 0. The highest BCUT2D eigenvalue weighted by molar-refractivity contribution is 5.75. The molecule has 2 aromatic rings. The Morgan fingerprint density at radius 2 is 1.58 bits per heavy atom. The summed E-state index contributed by atoms with van der Waals surface area (Å²) in [6, 6.07) is 8.14. The normalized spacial score (nSPS) is 20.5. The largest absolute Gasteiger partial charge is 0.416 e. The van der Waals surface area contributed by atoms with Crippen molar-refractivity contribution in [2.45, 2.75) is 50.2 Å². The van der Waals surface area contributed by atoms with Crippen LogP contribution in [0.15, 0.2) is 48.5 Å². The predicted molar refractivity (Wildman–Crippen MR) is 111 cm³/mol. The Morgan fingerprint density at radius 3 is 2.09 bits per heavy atom. The number of nitrogens with zero attached hydrogens (tertiary/aromatic N) is 2. The third-order valence-electron chi connectivity index (χ3n) is 6.04. The highest BCUT2D eigenvalue weighted by Crippen LogP contribution is 2.39. The van der Waals surface area contributed by atoms with Crippen LogP contribution >= 0.6 is 0 Å². The number of halogens is 6. The Bertz CT molecular complexity index is 944. The second-order valence-corrected chi connectivity index (χ2v) is 8.26. The fraction of sp³-hybridized carbons (Fsp3) is 0.435. The van der Waals surface area contributed by atoms with E-state index in [2.05, 4.69) is 0 Å². The number of nitrogens with two attached hydrogens (primary N) is 1. The molecule has 1 heterocycles. The summed E-state index contributed by atoms with van der Waals surface area (Å²) in [4.78, 5) is 16.1. The molecule has 0 radical (unpaired) electrons. The number of piperidine rings is 1. The number of likely N-dealkylation sites (tertiary alicyclic amines) is 1. The van der Waals surface area contributed by atoms with Crippen LogP contribution in [0.4, 0.5) is 31.1 Å². The fourth-order valence-electron chi connectivity index (χ4n) is 4.13. The summed E-state index contributed by atoms with van der Waals surface area (Å²) in [6.07, 6.45) is -8.60. The smallest absolute Gasteiger partial charge is 0.326 e. The van der Waals surface area contributed by atoms with Crippen LogP contribution in [0.2, 0.25) is 0 Å². The molecule has 1 aliphatic heterocycles. The number of amides is 2. The van der Waals surface area contributed by atoms with E-state index in [0.717, 1.165) is 10.5 Å². The molecule has 2 N–H and O–H groups in total. The molecule has 2 amide bonds. The zero-order valence-corrected chi connectivity index (χ0v) is 18.1. The van der Waals surface area contributed by atoms with Gasteiger partial charge in [0.2, 0.25) is 0 Å². The molecular weight excluding hydrogens is 448 g/mol. The van der Waals surface area contributed by atoms with Gasteiger partial charge < -0.3 is 15.5 Å². The first-order chi connectivity index (χ1) is 15.3. The monoisotopic (exact) mass is 473 g/mol. The lowest BCUT2D eigenvalue weighted by Crippen LogP contribution is -2.52. The molecule has 0 saturated carbocycles. The molecule has 1 aliphatic rings. The Balaban J connectivity index is 1.94. The molecule has 10 heteroatoms. The van der Waals surface area contributed by atoms with Crippen molar-refractivity contribution in [3.05, 3.63) is 70.8 Å². The molecule has 2 aromatic carbocycles. The van der Waals surface area contributed by atoms with Gasteiger partial charge in [-0.25, -0.2) is 4.79 Å². The first-order valence-electron chi connectivity index (χ1n) is 10.4. The summed E-state index contributed by atoms with van der Waals surface area (Å²) in [6.45, 7) is 1.77. The van der Waals surface area contributed by atoms with Crippen molar-refractivity contribution < 1.29 is 31.1 Å². The van der Waals surface area contributed by atoms with Crippen molar-refractivity contribution >= 4 is 6.03 Å². The molecular formula is C23H25F6N3O. The van der Waals surface area contributed by atoms with E-state index in [1.807, 2.05) is 30.3 Å². The van der Waals surface area contributed by atoms with Gasteiger partial charge in [0.15, 0.2) is 0 Å². The summed E-state index contributed by atoms with van der Waals surface area (Å²) >= 11 is 0. The summed E-state index contributed by atoms with van der Waals surface area (Å²) < 4.78 is 79.6. The zero-order valence-electron chi connectivity index (χ0n) is 18.1. The minimum atomic E-state index is -4.96. The molecule has 33 heavy (non-hydrogen) atoms. The van der Waals surface area contributed by atoms with E-state index >= 15 is 0 Å². The van der Waals surface area contributed by atoms with Crippen molar-refractivity contribution in [2.75, 3.05) is 13.6 Å². The molecule has 0 aromatic heterocycles. The van der Waals surface area contributed by atoms with E-state index in [-0.39, 0.29) is 17.7 Å². The fourth-order valence-corrected chi connectivity index (χ4v) is 4.13. The van der Waals surface area contributed by atoms with Gasteiger partial charge in [-0.15, -0.1) is 0 Å². The number of carbonyl (C=O) groups is 1. The van der Waals surface area contributed by atoms with Crippen LogP contribution in [0, 0.1) is 0 Å². The number of rotatable bonds is 3. The maximum atomic E-state index is 13.4. The average Bonchev–Trinajstić information content (AvgIpc) is 2.76. The average molecular weight is 473 g/mol. The van der Waals surface area contributed by atoms with Crippen LogP contribution < -0.4 is 5.73 Å². The van der Waals surface area contributed by atoms with Crippen molar-refractivity contribution in [1.29, 1.82) is 0 Å². The Kier molecular flexibility index (Phi) is 6.97. The minimum Gasteiger partial charge on any atom is -0.326 e. The third kappa shape index (κ3) is 5.43. The van der Waals surface area contributed by atoms with Crippen molar-refractivity contribution in [3.8, 4) is 0 Å². The van der Waals surface area contributed by atoms with E-state index < -0.39 is 41.6 Å². The molecule has 1 fully saturated rings. The summed E-state index contributed by atoms with van der Waals surface area (Å²) in [5.74, 6) is 0. The molecule has 1 saturated heterocycles. The standard InChI is InChI=1S/C23H25F6N3O/c1-14(16-11-17(22(24,25)26)13-18(12-16)23(27,28)29)31(2)21(33)32-10-6-9-19(30)20(32)15-7-4-3-5-8-15/h3-5,7-8,11-14,19-20H,6,9-10,30H2,1-2H3/t14?,19-,20-/m1/s1. The topological polar surface area (TPSA) is 49.6 Å². The van der Waals surface area contributed by atoms with Gasteiger partial charge in [-0.1, -0.05) is 30.3 Å². The Labute approximate surface area is 188 Å². The van der Waals surface area contributed by atoms with Gasteiger partial charge in [-0.05, 0) is 49.1 Å². The Hall–Kier alpha value is -2.75. The van der Waals surface area contributed by atoms with E-state index in [4.69, 9.17) is 5.73 Å². The first-order valence-corrected chi connectivity index (χ1v) is 10.4. The van der Waals surface area contributed by atoms with Crippen LogP contribution in [0.25, 0.3) is 0 Å². The van der Waals surface area contributed by atoms with Gasteiger partial charge in [-0.3, -0.25) is 0 Å². The second-order valence-electron chi connectivity index (χ2n) is 8.26. The number of benzene rings is 2. The summed E-state index contributed by atoms with van der Waals surface area (Å²) in [5.41, 5.74) is 4.03. The van der Waals surface area contributed by atoms with E-state index in [1.165, 1.54) is 18.9 Å². The quantitative estimate of drug-likeness (QED) is 0.556. The predicted octanol–water partition coefficient (Wildman–Crippen LogP) is 6.00. The molecule has 3 rings (SSSR count). The van der Waals surface area contributed by atoms with Gasteiger partial charge >= 0.3 is 18.4 Å². The summed E-state index contributed by atoms with van der Waals surface area (Å²) in [7, 11) is 1.36. The second kappa shape index (κ2) is 9.24. The zero-order chi connectivity index (χ0) is 24.6. The molecule has 0 bridgehead atoms. The number of hydrogen-bond donors (Lipinski definition) is 1. The lowest BCUT2D eigenvalue weighted by Gasteiger charge is -2.43. The minimum absolute atomic E-state index is 0.0765. The van der Waals surface area contributed by atoms with Crippen molar-refractivity contribution in [3.63, 3.8) is 0 Å². The highest BCUT2D eigenvalue weighted by atomic mass is 19.4. The van der Waals surface area contributed by atoms with Gasteiger partial charge in [0.25, 0.3) is 0 Å². The van der Waals surface area contributed by atoms with Crippen LogP contribution in [-0.4, -0.2) is 35.5 Å². The molecule has 180 valence electrons. The van der Waals surface area contributed by atoms with Crippen LogP contribution in [0.5, 0.6) is 0 Å². The number of urea groups is 1. The highest BCUT2D eigenvalue weighted by Gasteiger charge is 2.39. The van der Waals surface area contributed by atoms with Gasteiger partial charge in [0.1, 0.15) is 0 Å². The number of hydrogen-bond acceptors (Lipinski definition) is 2. The van der Waals surface area contributed by atoms with Crippen LogP contribution in [0.1, 0.15) is 54.1 Å². The molecule has 0 spiro atoms. The lowest BCUT2D eigenvalue weighted by atomic mass is 9.91.